The predicted molar refractivity (Wildman–Crippen MR) is 95.3 cm³/mol. The zero-order valence-corrected chi connectivity index (χ0v) is 15.9. The van der Waals surface area contributed by atoms with Gasteiger partial charge in [-0.2, -0.15) is 0 Å². The first kappa shape index (κ1) is 18.3. The molecule has 1 aromatic heterocycles. The van der Waals surface area contributed by atoms with E-state index in [1.807, 2.05) is 6.07 Å². The Kier molecular flexibility index (Phi) is 4.22. The van der Waals surface area contributed by atoms with Gasteiger partial charge in [-0.25, -0.2) is 4.79 Å². The van der Waals surface area contributed by atoms with Gasteiger partial charge in [0.25, 0.3) is 0 Å². The number of cyclic esters (lactones) is 1. The lowest BCUT2D eigenvalue weighted by atomic mass is 9.45. The second kappa shape index (κ2) is 6.23. The number of aliphatic hydroxyl groups is 1. The van der Waals surface area contributed by atoms with Gasteiger partial charge in [0.2, 0.25) is 0 Å². The molecule has 1 aromatic rings. The minimum Gasteiger partial charge on any atom is -0.472 e. The van der Waals surface area contributed by atoms with Gasteiger partial charge in [0, 0.05) is 16.6 Å². The molecule has 1 saturated heterocycles. The third-order valence-corrected chi connectivity index (χ3v) is 7.25. The summed E-state index contributed by atoms with van der Waals surface area (Å²) in [5, 5.41) is 10.5. The molecule has 4 rings (SSSR count). The van der Waals surface area contributed by atoms with Gasteiger partial charge in [-0.3, -0.25) is 4.79 Å². The Labute approximate surface area is 158 Å². The van der Waals surface area contributed by atoms with Gasteiger partial charge >= 0.3 is 11.9 Å². The molecule has 2 heterocycles. The highest BCUT2D eigenvalue weighted by Crippen LogP contribution is 2.64. The predicted octanol–water partition coefficient (Wildman–Crippen LogP) is 3.17. The smallest absolute Gasteiger partial charge is 0.334 e. The number of aliphatic hydroxyl groups excluding tert-OH is 1. The molecule has 2 fully saturated rings. The molecule has 1 aliphatic heterocycles. The maximum atomic E-state index is 12.8. The zero-order valence-electron chi connectivity index (χ0n) is 15.9. The highest BCUT2D eigenvalue weighted by molar-refractivity contribution is 5.90. The normalized spacial score (nSPS) is 41.0. The van der Waals surface area contributed by atoms with Crippen molar-refractivity contribution in [1.29, 1.82) is 0 Å². The Morgan fingerprint density at radius 2 is 2.15 bits per heavy atom. The van der Waals surface area contributed by atoms with Crippen LogP contribution in [0.15, 0.2) is 34.7 Å². The SMILES string of the molecule is COC(=O)C1=C[C@@H](O)C[C@H]2[C@]3(C)C[C@H](c4ccoc4)OC(=O)[C@H]3CC[C@@]12C. The number of hydrogen-bond donors (Lipinski definition) is 1. The molecule has 6 nitrogen and oxygen atoms in total. The van der Waals surface area contributed by atoms with E-state index in [4.69, 9.17) is 13.9 Å². The first-order valence-electron chi connectivity index (χ1n) is 9.51. The van der Waals surface area contributed by atoms with Crippen molar-refractivity contribution in [1.82, 2.24) is 0 Å². The third kappa shape index (κ3) is 2.64. The Balaban J connectivity index is 1.75. The molecule has 0 unspecified atom stereocenters. The molecule has 0 aromatic carbocycles. The average molecular weight is 374 g/mol. The van der Waals surface area contributed by atoms with Gasteiger partial charge in [-0.15, -0.1) is 0 Å². The Hall–Kier alpha value is -2.08. The molecule has 0 spiro atoms. The van der Waals surface area contributed by atoms with Crippen molar-refractivity contribution in [2.24, 2.45) is 22.7 Å². The fraction of sp³-hybridized carbons (Fsp3) is 0.619. The Morgan fingerprint density at radius 3 is 2.81 bits per heavy atom. The molecule has 6 heteroatoms. The molecule has 2 aliphatic carbocycles. The van der Waals surface area contributed by atoms with E-state index in [9.17, 15) is 14.7 Å². The lowest BCUT2D eigenvalue weighted by Crippen LogP contribution is -2.57. The van der Waals surface area contributed by atoms with Gasteiger partial charge in [-0.05, 0) is 49.2 Å². The molecule has 0 bridgehead atoms. The fourth-order valence-electron chi connectivity index (χ4n) is 5.85. The zero-order chi connectivity index (χ0) is 19.4. The summed E-state index contributed by atoms with van der Waals surface area (Å²) in [5.41, 5.74) is 0.553. The largest absolute Gasteiger partial charge is 0.472 e. The van der Waals surface area contributed by atoms with Crippen LogP contribution in [0.2, 0.25) is 0 Å². The van der Waals surface area contributed by atoms with Crippen LogP contribution >= 0.6 is 0 Å². The van der Waals surface area contributed by atoms with Gasteiger partial charge < -0.3 is 19.0 Å². The average Bonchev–Trinajstić information content (AvgIpc) is 3.16. The second-order valence-electron chi connectivity index (χ2n) is 8.63. The summed E-state index contributed by atoms with van der Waals surface area (Å²) in [5.74, 6) is -0.850. The van der Waals surface area contributed by atoms with Gasteiger partial charge in [0.05, 0.1) is 31.7 Å². The van der Waals surface area contributed by atoms with E-state index >= 15 is 0 Å². The van der Waals surface area contributed by atoms with Crippen molar-refractivity contribution in [2.45, 2.75) is 51.7 Å². The fourth-order valence-corrected chi connectivity index (χ4v) is 5.85. The Morgan fingerprint density at radius 1 is 1.37 bits per heavy atom. The minimum absolute atomic E-state index is 0.0277. The number of carbonyl (C=O) groups is 2. The number of rotatable bonds is 2. The lowest BCUT2D eigenvalue weighted by Gasteiger charge is -2.59. The van der Waals surface area contributed by atoms with Crippen molar-refractivity contribution in [3.05, 3.63) is 35.8 Å². The van der Waals surface area contributed by atoms with Crippen LogP contribution in [0.5, 0.6) is 0 Å². The van der Waals surface area contributed by atoms with Crippen LogP contribution in [-0.2, 0) is 19.1 Å². The van der Waals surface area contributed by atoms with E-state index in [1.165, 1.54) is 7.11 Å². The van der Waals surface area contributed by atoms with Crippen LogP contribution in [0.25, 0.3) is 0 Å². The highest BCUT2D eigenvalue weighted by Gasteiger charge is 2.62. The van der Waals surface area contributed by atoms with Crippen molar-refractivity contribution in [3.8, 4) is 0 Å². The molecule has 6 atom stereocenters. The van der Waals surface area contributed by atoms with E-state index in [0.717, 1.165) is 5.56 Å². The quantitative estimate of drug-likeness (QED) is 0.800. The number of furan rings is 1. The van der Waals surface area contributed by atoms with Crippen LogP contribution in [0.3, 0.4) is 0 Å². The number of fused-ring (bicyclic) bond motifs is 3. The van der Waals surface area contributed by atoms with E-state index in [1.54, 1.807) is 18.6 Å². The summed E-state index contributed by atoms with van der Waals surface area (Å²) in [6.07, 6.45) is 6.25. The number of esters is 2. The molecule has 146 valence electrons. The lowest BCUT2D eigenvalue weighted by molar-refractivity contribution is -0.192. The monoisotopic (exact) mass is 374 g/mol. The molecular formula is C21H26O6. The summed E-state index contributed by atoms with van der Waals surface area (Å²) in [6, 6.07) is 1.82. The second-order valence-corrected chi connectivity index (χ2v) is 8.63. The van der Waals surface area contributed by atoms with Crippen LogP contribution in [0, 0.1) is 22.7 Å². The van der Waals surface area contributed by atoms with Crippen LogP contribution in [0.4, 0.5) is 0 Å². The topological polar surface area (TPSA) is 86.0 Å². The summed E-state index contributed by atoms with van der Waals surface area (Å²) in [4.78, 5) is 25.3. The minimum atomic E-state index is -0.724. The molecular weight excluding hydrogens is 348 g/mol. The number of ether oxygens (including phenoxy) is 2. The van der Waals surface area contributed by atoms with E-state index in [2.05, 4.69) is 13.8 Å². The molecule has 0 radical (unpaired) electrons. The maximum Gasteiger partial charge on any atom is 0.334 e. The van der Waals surface area contributed by atoms with Crippen LogP contribution in [0.1, 0.15) is 51.2 Å². The summed E-state index contributed by atoms with van der Waals surface area (Å²) in [7, 11) is 1.36. The van der Waals surface area contributed by atoms with Crippen molar-refractivity contribution < 1.29 is 28.6 Å². The van der Waals surface area contributed by atoms with E-state index < -0.39 is 22.9 Å². The van der Waals surface area contributed by atoms with Gasteiger partial charge in [0.1, 0.15) is 6.10 Å². The van der Waals surface area contributed by atoms with Crippen LogP contribution < -0.4 is 0 Å². The number of methoxy groups -OCH3 is 1. The Bertz CT molecular complexity index is 781. The van der Waals surface area contributed by atoms with Crippen molar-refractivity contribution in [3.63, 3.8) is 0 Å². The number of carbonyl (C=O) groups excluding carboxylic acids is 2. The molecule has 3 aliphatic rings. The first-order chi connectivity index (χ1) is 12.8. The van der Waals surface area contributed by atoms with Crippen molar-refractivity contribution in [2.75, 3.05) is 7.11 Å². The third-order valence-electron chi connectivity index (χ3n) is 7.25. The van der Waals surface area contributed by atoms with Gasteiger partial charge in [0.15, 0.2) is 0 Å². The molecule has 1 saturated carbocycles. The van der Waals surface area contributed by atoms with E-state index in [-0.39, 0.29) is 23.9 Å². The van der Waals surface area contributed by atoms with Crippen LogP contribution in [-0.4, -0.2) is 30.3 Å². The van der Waals surface area contributed by atoms with Gasteiger partial charge in [-0.1, -0.05) is 13.8 Å². The highest BCUT2D eigenvalue weighted by atomic mass is 16.5. The van der Waals surface area contributed by atoms with Crippen molar-refractivity contribution >= 4 is 11.9 Å². The standard InChI is InChI=1S/C21H26O6/c1-20-6-4-14-19(24)27-16(12-5-7-26-11-12)10-21(14,2)17(20)9-13(22)8-15(20)18(23)25-3/h5,7-8,11,13-14,16-17,22H,4,6,9-10H2,1-3H3/t13-,14-,16-,17-,20+,21-/m1/s1. The summed E-state index contributed by atoms with van der Waals surface area (Å²) in [6.45, 7) is 4.18. The number of hydrogen-bond acceptors (Lipinski definition) is 6. The summed E-state index contributed by atoms with van der Waals surface area (Å²) >= 11 is 0. The van der Waals surface area contributed by atoms with E-state index in [0.29, 0.717) is 31.3 Å². The first-order valence-corrected chi connectivity index (χ1v) is 9.51. The molecule has 27 heavy (non-hydrogen) atoms. The summed E-state index contributed by atoms with van der Waals surface area (Å²) < 4.78 is 15.9. The molecule has 1 N–H and O–H groups in total. The maximum absolute atomic E-state index is 12.8. The molecule has 0 amide bonds.